The van der Waals surface area contributed by atoms with Crippen molar-refractivity contribution < 1.29 is 4.79 Å². The number of thiol groups is 1. The molecule has 0 aliphatic rings. The Hall–Kier alpha value is 0.820. The standard InChI is InChI=1S/C2H5NOS.Na/c3-2(4)1-5;/h5H,1H2,(H2,3,4);. The van der Waals surface area contributed by atoms with E-state index in [4.69, 9.17) is 0 Å². The number of hydrogen-bond donors (Lipinski definition) is 2. The molecule has 0 aliphatic carbocycles. The van der Waals surface area contributed by atoms with Gasteiger partial charge in [0.15, 0.2) is 0 Å². The first-order valence-corrected chi connectivity index (χ1v) is 1.80. The fraction of sp³-hybridized carbons (Fsp3) is 0.500. The SMILES string of the molecule is NC(=O)CS.[Na]. The Bertz CT molecular complexity index is 48.8. The van der Waals surface area contributed by atoms with E-state index in [1.165, 1.54) is 0 Å². The molecular formula is C2H5NNaOS. The van der Waals surface area contributed by atoms with Gasteiger partial charge in [0, 0.05) is 29.6 Å². The van der Waals surface area contributed by atoms with Crippen molar-refractivity contribution >= 4 is 48.1 Å². The summed E-state index contributed by atoms with van der Waals surface area (Å²) in [7, 11) is 0. The molecule has 2 nitrogen and oxygen atoms in total. The summed E-state index contributed by atoms with van der Waals surface area (Å²) in [6, 6.07) is 0. The molecule has 0 aromatic heterocycles. The fourth-order valence-electron chi connectivity index (χ4n) is 0. The van der Waals surface area contributed by atoms with Gasteiger partial charge in [0.05, 0.1) is 5.75 Å². The second-order valence-corrected chi connectivity index (χ2v) is 0.941. The van der Waals surface area contributed by atoms with Crippen LogP contribution in [0, 0.1) is 0 Å². The smallest absolute Gasteiger partial charge is 0.227 e. The van der Waals surface area contributed by atoms with Crippen molar-refractivity contribution in [2.24, 2.45) is 5.73 Å². The Morgan fingerprint density at radius 1 is 1.83 bits per heavy atom. The molecule has 1 amide bonds. The summed E-state index contributed by atoms with van der Waals surface area (Å²) in [4.78, 5) is 9.51. The molecule has 1 radical (unpaired) electrons. The predicted octanol–water partition coefficient (Wildman–Crippen LogP) is -0.979. The van der Waals surface area contributed by atoms with Crippen LogP contribution in [0.5, 0.6) is 0 Å². The third-order valence-electron chi connectivity index (χ3n) is 0.156. The van der Waals surface area contributed by atoms with Gasteiger partial charge in [-0.05, 0) is 0 Å². The van der Waals surface area contributed by atoms with Crippen molar-refractivity contribution in [3.8, 4) is 0 Å². The van der Waals surface area contributed by atoms with E-state index in [9.17, 15) is 4.79 Å². The van der Waals surface area contributed by atoms with E-state index in [0.717, 1.165) is 0 Å². The molecule has 0 saturated carbocycles. The number of carbonyl (C=O) groups excluding carboxylic acids is 1. The monoisotopic (exact) mass is 114 g/mol. The van der Waals surface area contributed by atoms with E-state index in [1.54, 1.807) is 0 Å². The molecule has 0 bridgehead atoms. The first-order valence-electron chi connectivity index (χ1n) is 1.16. The summed E-state index contributed by atoms with van der Waals surface area (Å²) in [5.74, 6) is -0.242. The van der Waals surface area contributed by atoms with Crippen LogP contribution in [0.1, 0.15) is 0 Å². The van der Waals surface area contributed by atoms with Crippen LogP contribution in [0.3, 0.4) is 0 Å². The van der Waals surface area contributed by atoms with E-state index in [1.807, 2.05) is 0 Å². The summed E-state index contributed by atoms with van der Waals surface area (Å²) in [5, 5.41) is 0. The van der Waals surface area contributed by atoms with E-state index >= 15 is 0 Å². The number of nitrogens with two attached hydrogens (primary N) is 1. The van der Waals surface area contributed by atoms with Crippen molar-refractivity contribution in [1.29, 1.82) is 0 Å². The van der Waals surface area contributed by atoms with Crippen molar-refractivity contribution in [3.05, 3.63) is 0 Å². The van der Waals surface area contributed by atoms with Gasteiger partial charge < -0.3 is 5.73 Å². The minimum atomic E-state index is -0.381. The van der Waals surface area contributed by atoms with Crippen LogP contribution in [0.15, 0.2) is 0 Å². The third kappa shape index (κ3) is 8.84. The molecule has 0 atom stereocenters. The average molecular weight is 114 g/mol. The van der Waals surface area contributed by atoms with Gasteiger partial charge in [-0.2, -0.15) is 12.6 Å². The molecule has 0 heterocycles. The number of carbonyl (C=O) groups is 1. The number of primary amides is 1. The molecule has 0 spiro atoms. The summed E-state index contributed by atoms with van der Waals surface area (Å²) >= 11 is 3.54. The fourth-order valence-corrected chi connectivity index (χ4v) is 0. The predicted molar refractivity (Wildman–Crippen MR) is 28.8 cm³/mol. The molecule has 0 aromatic carbocycles. The van der Waals surface area contributed by atoms with Crippen LogP contribution in [0.4, 0.5) is 0 Å². The van der Waals surface area contributed by atoms with E-state index in [-0.39, 0.29) is 41.2 Å². The van der Waals surface area contributed by atoms with Gasteiger partial charge in [0.2, 0.25) is 5.91 Å². The number of hydrogen-bond acceptors (Lipinski definition) is 2. The molecular weight excluding hydrogens is 109 g/mol. The first-order chi connectivity index (χ1) is 2.27. The normalized spacial score (nSPS) is 6.17. The minimum Gasteiger partial charge on any atom is -0.369 e. The van der Waals surface area contributed by atoms with Crippen molar-refractivity contribution in [1.82, 2.24) is 0 Å². The van der Waals surface area contributed by atoms with Gasteiger partial charge in [-0.1, -0.05) is 0 Å². The number of amides is 1. The largest absolute Gasteiger partial charge is 0.369 e. The van der Waals surface area contributed by atoms with Crippen LogP contribution in [0.2, 0.25) is 0 Å². The summed E-state index contributed by atoms with van der Waals surface area (Å²) in [6.07, 6.45) is 0. The first kappa shape index (κ1) is 9.94. The van der Waals surface area contributed by atoms with E-state index in [2.05, 4.69) is 18.4 Å². The Balaban J connectivity index is 0. The average Bonchev–Trinajstić information content (AvgIpc) is 1.38. The maximum absolute atomic E-state index is 9.51. The van der Waals surface area contributed by atoms with Crippen LogP contribution >= 0.6 is 12.6 Å². The Labute approximate surface area is 64.2 Å². The summed E-state index contributed by atoms with van der Waals surface area (Å²) in [5.41, 5.74) is 4.58. The topological polar surface area (TPSA) is 43.1 Å². The van der Waals surface area contributed by atoms with Crippen LogP contribution in [-0.4, -0.2) is 41.2 Å². The van der Waals surface area contributed by atoms with E-state index in [0.29, 0.717) is 0 Å². The maximum atomic E-state index is 9.51. The molecule has 0 fully saturated rings. The molecule has 0 aliphatic heterocycles. The number of rotatable bonds is 1. The quantitative estimate of drug-likeness (QED) is 0.334. The zero-order chi connectivity index (χ0) is 4.28. The molecule has 4 heteroatoms. The molecule has 0 unspecified atom stereocenters. The van der Waals surface area contributed by atoms with Crippen molar-refractivity contribution in [3.63, 3.8) is 0 Å². The maximum Gasteiger partial charge on any atom is 0.227 e. The molecule has 31 valence electrons. The molecule has 6 heavy (non-hydrogen) atoms. The van der Waals surface area contributed by atoms with E-state index < -0.39 is 0 Å². The van der Waals surface area contributed by atoms with Gasteiger partial charge in [-0.3, -0.25) is 4.79 Å². The molecule has 0 aromatic rings. The van der Waals surface area contributed by atoms with Gasteiger partial charge >= 0.3 is 0 Å². The van der Waals surface area contributed by atoms with Crippen LogP contribution < -0.4 is 5.73 Å². The zero-order valence-corrected chi connectivity index (χ0v) is 6.53. The third-order valence-corrected chi connectivity index (χ3v) is 0.468. The molecule has 0 saturated heterocycles. The van der Waals surface area contributed by atoms with Gasteiger partial charge in [-0.15, -0.1) is 0 Å². The Morgan fingerprint density at radius 2 is 2.00 bits per heavy atom. The zero-order valence-electron chi connectivity index (χ0n) is 3.64. The van der Waals surface area contributed by atoms with Crippen LogP contribution in [-0.2, 0) is 4.79 Å². The van der Waals surface area contributed by atoms with Crippen molar-refractivity contribution in [2.75, 3.05) is 5.75 Å². The second kappa shape index (κ2) is 5.82. The van der Waals surface area contributed by atoms with Gasteiger partial charge in [0.25, 0.3) is 0 Å². The molecule has 0 rings (SSSR count). The van der Waals surface area contributed by atoms with Gasteiger partial charge in [0.1, 0.15) is 0 Å². The summed E-state index contributed by atoms with van der Waals surface area (Å²) < 4.78 is 0. The van der Waals surface area contributed by atoms with Gasteiger partial charge in [-0.25, -0.2) is 0 Å². The second-order valence-electron chi connectivity index (χ2n) is 0.624. The molecule has 2 N–H and O–H groups in total. The minimum absolute atomic E-state index is 0. The van der Waals surface area contributed by atoms with Crippen LogP contribution in [0.25, 0.3) is 0 Å². The summed E-state index contributed by atoms with van der Waals surface area (Å²) in [6.45, 7) is 0. The van der Waals surface area contributed by atoms with Crippen molar-refractivity contribution in [2.45, 2.75) is 0 Å². The Kier molecular flexibility index (Phi) is 9.65. The Morgan fingerprint density at radius 3 is 2.00 bits per heavy atom.